The molecule has 21 heavy (non-hydrogen) atoms. The summed E-state index contributed by atoms with van der Waals surface area (Å²) in [5.41, 5.74) is 4.28. The number of halogens is 1. The van der Waals surface area contributed by atoms with Crippen molar-refractivity contribution >= 4 is 27.5 Å². The lowest BCUT2D eigenvalue weighted by Gasteiger charge is -2.23. The molecule has 4 heteroatoms. The van der Waals surface area contributed by atoms with Gasteiger partial charge in [0.15, 0.2) is 0 Å². The van der Waals surface area contributed by atoms with Crippen molar-refractivity contribution < 1.29 is 9.53 Å². The summed E-state index contributed by atoms with van der Waals surface area (Å²) in [5, 5.41) is 0. The third-order valence-corrected chi connectivity index (χ3v) is 4.36. The smallest absolute Gasteiger partial charge is 0.253 e. The van der Waals surface area contributed by atoms with E-state index in [1.165, 1.54) is 5.56 Å². The van der Waals surface area contributed by atoms with Gasteiger partial charge in [-0.2, -0.15) is 0 Å². The first kappa shape index (κ1) is 14.3. The minimum atomic E-state index is -0.00701. The van der Waals surface area contributed by atoms with Gasteiger partial charge in [-0.1, -0.05) is 51.8 Å². The van der Waals surface area contributed by atoms with Crippen molar-refractivity contribution in [2.45, 2.75) is 20.1 Å². The number of carbonyl (C=O) groups excluding carboxylic acids is 1. The standard InChI is InChI=1S/C17H16BrNO2/c1-12-5-7-13(8-6-12)9-19-16-4-2-3-15(18)14(16)10-21-11-17(19)20/h2-8H,9-11H2,1H3. The number of hydrogen-bond donors (Lipinski definition) is 0. The number of rotatable bonds is 2. The zero-order chi connectivity index (χ0) is 14.8. The van der Waals surface area contributed by atoms with E-state index in [1.807, 2.05) is 18.2 Å². The third kappa shape index (κ3) is 3.01. The molecule has 0 aliphatic carbocycles. The highest BCUT2D eigenvalue weighted by atomic mass is 79.9. The van der Waals surface area contributed by atoms with Gasteiger partial charge in [0, 0.05) is 10.0 Å². The zero-order valence-corrected chi connectivity index (χ0v) is 13.4. The van der Waals surface area contributed by atoms with Gasteiger partial charge in [0.2, 0.25) is 0 Å². The molecule has 108 valence electrons. The number of aryl methyl sites for hydroxylation is 1. The van der Waals surface area contributed by atoms with Crippen molar-refractivity contribution in [2.75, 3.05) is 11.5 Å². The van der Waals surface area contributed by atoms with Crippen LogP contribution >= 0.6 is 15.9 Å². The minimum Gasteiger partial charge on any atom is -0.367 e. The molecule has 1 heterocycles. The van der Waals surface area contributed by atoms with Crippen molar-refractivity contribution in [3.63, 3.8) is 0 Å². The molecule has 2 aromatic carbocycles. The summed E-state index contributed by atoms with van der Waals surface area (Å²) in [6.45, 7) is 3.19. The Balaban J connectivity index is 1.98. The Bertz CT molecular complexity index is 667. The van der Waals surface area contributed by atoms with E-state index >= 15 is 0 Å². The molecule has 0 spiro atoms. The van der Waals surface area contributed by atoms with Gasteiger partial charge in [-0.15, -0.1) is 0 Å². The SMILES string of the molecule is Cc1ccc(CN2C(=O)COCc3c(Br)cccc32)cc1. The zero-order valence-electron chi connectivity index (χ0n) is 11.8. The number of nitrogens with zero attached hydrogens (tertiary/aromatic N) is 1. The van der Waals surface area contributed by atoms with Crippen LogP contribution < -0.4 is 4.90 Å². The van der Waals surface area contributed by atoms with Crippen LogP contribution in [0.3, 0.4) is 0 Å². The minimum absolute atomic E-state index is 0.00701. The first-order valence-electron chi connectivity index (χ1n) is 6.86. The molecule has 0 N–H and O–H groups in total. The van der Waals surface area contributed by atoms with Crippen LogP contribution in [0.5, 0.6) is 0 Å². The largest absolute Gasteiger partial charge is 0.367 e. The van der Waals surface area contributed by atoms with Crippen LogP contribution in [0.2, 0.25) is 0 Å². The van der Waals surface area contributed by atoms with E-state index in [0.29, 0.717) is 13.2 Å². The highest BCUT2D eigenvalue weighted by molar-refractivity contribution is 9.10. The summed E-state index contributed by atoms with van der Waals surface area (Å²) in [4.78, 5) is 14.1. The molecule has 0 atom stereocenters. The fourth-order valence-corrected chi connectivity index (χ4v) is 2.92. The molecule has 1 aliphatic heterocycles. The van der Waals surface area contributed by atoms with Gasteiger partial charge in [-0.25, -0.2) is 0 Å². The highest BCUT2D eigenvalue weighted by Crippen LogP contribution is 2.31. The molecule has 2 aromatic rings. The summed E-state index contributed by atoms with van der Waals surface area (Å²) in [7, 11) is 0. The monoisotopic (exact) mass is 345 g/mol. The molecule has 3 rings (SSSR count). The molecule has 1 aliphatic rings. The summed E-state index contributed by atoms with van der Waals surface area (Å²) in [6.07, 6.45) is 0. The van der Waals surface area contributed by atoms with Crippen LogP contribution in [0.25, 0.3) is 0 Å². The second-order valence-electron chi connectivity index (χ2n) is 5.20. The van der Waals surface area contributed by atoms with E-state index < -0.39 is 0 Å². The predicted octanol–water partition coefficient (Wildman–Crippen LogP) is 3.82. The Kier molecular flexibility index (Phi) is 4.08. The average molecular weight is 346 g/mol. The fourth-order valence-electron chi connectivity index (χ4n) is 2.45. The Labute approximate surface area is 132 Å². The quantitative estimate of drug-likeness (QED) is 0.827. The molecule has 0 aromatic heterocycles. The molecule has 0 radical (unpaired) electrons. The van der Waals surface area contributed by atoms with Crippen molar-refractivity contribution in [1.82, 2.24) is 0 Å². The second-order valence-corrected chi connectivity index (χ2v) is 6.05. The van der Waals surface area contributed by atoms with Gasteiger partial charge in [-0.05, 0) is 24.6 Å². The summed E-state index contributed by atoms with van der Waals surface area (Å²) < 4.78 is 6.46. The van der Waals surface area contributed by atoms with E-state index in [4.69, 9.17) is 4.74 Å². The average Bonchev–Trinajstić information content (AvgIpc) is 2.63. The van der Waals surface area contributed by atoms with Crippen molar-refractivity contribution in [3.8, 4) is 0 Å². The van der Waals surface area contributed by atoms with Crippen LogP contribution in [-0.2, 0) is 22.7 Å². The van der Waals surface area contributed by atoms with Crippen LogP contribution in [-0.4, -0.2) is 12.5 Å². The second kappa shape index (κ2) is 6.00. The number of amides is 1. The van der Waals surface area contributed by atoms with Gasteiger partial charge in [0.05, 0.1) is 18.8 Å². The normalized spacial score (nSPS) is 14.8. The van der Waals surface area contributed by atoms with Gasteiger partial charge in [0.1, 0.15) is 6.61 Å². The lowest BCUT2D eigenvalue weighted by molar-refractivity contribution is -0.123. The first-order chi connectivity index (χ1) is 10.1. The van der Waals surface area contributed by atoms with E-state index in [9.17, 15) is 4.79 Å². The highest BCUT2D eigenvalue weighted by Gasteiger charge is 2.24. The fraction of sp³-hybridized carbons (Fsp3) is 0.235. The maximum Gasteiger partial charge on any atom is 0.253 e. The van der Waals surface area contributed by atoms with Gasteiger partial charge < -0.3 is 9.64 Å². The van der Waals surface area contributed by atoms with Crippen LogP contribution in [0.15, 0.2) is 46.9 Å². The summed E-state index contributed by atoms with van der Waals surface area (Å²) in [6, 6.07) is 14.1. The number of benzene rings is 2. The molecule has 1 amide bonds. The van der Waals surface area contributed by atoms with E-state index in [0.717, 1.165) is 21.3 Å². The van der Waals surface area contributed by atoms with E-state index in [1.54, 1.807) is 4.90 Å². The van der Waals surface area contributed by atoms with Crippen LogP contribution in [0.1, 0.15) is 16.7 Å². The molecular formula is C17H16BrNO2. The number of ether oxygens (including phenoxy) is 1. The molecule has 0 fully saturated rings. The lowest BCUT2D eigenvalue weighted by Crippen LogP contribution is -2.32. The molecule has 0 bridgehead atoms. The number of carbonyl (C=O) groups is 1. The Hall–Kier alpha value is -1.65. The maximum absolute atomic E-state index is 12.3. The Morgan fingerprint density at radius 2 is 1.90 bits per heavy atom. The molecule has 0 saturated carbocycles. The first-order valence-corrected chi connectivity index (χ1v) is 7.65. The summed E-state index contributed by atoms with van der Waals surface area (Å²) in [5.74, 6) is -0.00701. The van der Waals surface area contributed by atoms with Gasteiger partial charge in [0.25, 0.3) is 5.91 Å². The lowest BCUT2D eigenvalue weighted by atomic mass is 10.1. The van der Waals surface area contributed by atoms with Crippen molar-refractivity contribution in [3.05, 3.63) is 63.6 Å². The molecule has 0 saturated heterocycles. The number of fused-ring (bicyclic) bond motifs is 1. The Morgan fingerprint density at radius 1 is 1.14 bits per heavy atom. The van der Waals surface area contributed by atoms with Crippen LogP contribution in [0.4, 0.5) is 5.69 Å². The van der Waals surface area contributed by atoms with Crippen molar-refractivity contribution in [1.29, 1.82) is 0 Å². The maximum atomic E-state index is 12.3. The van der Waals surface area contributed by atoms with Gasteiger partial charge in [-0.3, -0.25) is 4.79 Å². The van der Waals surface area contributed by atoms with Crippen LogP contribution in [0, 0.1) is 6.92 Å². The summed E-state index contributed by atoms with van der Waals surface area (Å²) >= 11 is 3.54. The Morgan fingerprint density at radius 3 is 2.67 bits per heavy atom. The van der Waals surface area contributed by atoms with E-state index in [2.05, 4.69) is 47.1 Å². The molecule has 3 nitrogen and oxygen atoms in total. The number of anilines is 1. The predicted molar refractivity (Wildman–Crippen MR) is 86.2 cm³/mol. The number of hydrogen-bond acceptors (Lipinski definition) is 2. The molecule has 0 unspecified atom stereocenters. The topological polar surface area (TPSA) is 29.5 Å². The van der Waals surface area contributed by atoms with Crippen molar-refractivity contribution in [2.24, 2.45) is 0 Å². The molecular weight excluding hydrogens is 330 g/mol. The third-order valence-electron chi connectivity index (χ3n) is 3.62. The van der Waals surface area contributed by atoms with Gasteiger partial charge >= 0.3 is 0 Å². The van der Waals surface area contributed by atoms with E-state index in [-0.39, 0.29) is 12.5 Å².